The zero-order chi connectivity index (χ0) is 16.0. The van der Waals surface area contributed by atoms with Gasteiger partial charge in [-0.15, -0.1) is 0 Å². The molecule has 0 amide bonds. The second-order valence-corrected chi connectivity index (χ2v) is 5.74. The van der Waals surface area contributed by atoms with Gasteiger partial charge in [0.2, 0.25) is 0 Å². The summed E-state index contributed by atoms with van der Waals surface area (Å²) in [6, 6.07) is 6.21. The molecule has 0 unspecified atom stereocenters. The van der Waals surface area contributed by atoms with E-state index < -0.39 is 0 Å². The van der Waals surface area contributed by atoms with E-state index in [-0.39, 0.29) is 0 Å². The highest BCUT2D eigenvalue weighted by Crippen LogP contribution is 2.49. The number of hydrogen-bond acceptors (Lipinski definition) is 5. The van der Waals surface area contributed by atoms with Gasteiger partial charge in [0, 0.05) is 12.3 Å². The van der Waals surface area contributed by atoms with Crippen LogP contribution in [0.25, 0.3) is 0 Å². The predicted octanol–water partition coefficient (Wildman–Crippen LogP) is 4.37. The number of rotatable bonds is 1. The standard InChI is InChI=1S/C18H16N4O/c1-11-6-12(2)17(13(3)7-11)22-14-8-19-5-4-15(14)23-16-9-20-10-21-18(16)22/h4-10H,1-3H3. The summed E-state index contributed by atoms with van der Waals surface area (Å²) in [7, 11) is 0. The van der Waals surface area contributed by atoms with Gasteiger partial charge in [0.25, 0.3) is 0 Å². The van der Waals surface area contributed by atoms with Gasteiger partial charge in [-0.2, -0.15) is 0 Å². The zero-order valence-corrected chi connectivity index (χ0v) is 13.2. The van der Waals surface area contributed by atoms with Crippen LogP contribution in [0.5, 0.6) is 11.5 Å². The van der Waals surface area contributed by atoms with Crippen molar-refractivity contribution in [1.82, 2.24) is 15.0 Å². The first kappa shape index (κ1) is 13.7. The molecule has 0 bridgehead atoms. The lowest BCUT2D eigenvalue weighted by Gasteiger charge is -2.33. The Hall–Kier alpha value is -2.95. The number of ether oxygens (including phenoxy) is 1. The molecule has 5 nitrogen and oxygen atoms in total. The molecular formula is C18H16N4O. The molecule has 0 atom stereocenters. The maximum atomic E-state index is 5.93. The normalized spacial score (nSPS) is 12.4. The molecule has 1 aromatic carbocycles. The van der Waals surface area contributed by atoms with Crippen LogP contribution in [-0.4, -0.2) is 15.0 Å². The van der Waals surface area contributed by atoms with Crippen LogP contribution in [0.4, 0.5) is 17.2 Å². The van der Waals surface area contributed by atoms with Gasteiger partial charge in [-0.3, -0.25) is 9.88 Å². The summed E-state index contributed by atoms with van der Waals surface area (Å²) in [5.74, 6) is 2.13. The number of benzene rings is 1. The van der Waals surface area contributed by atoms with E-state index in [2.05, 4.69) is 52.8 Å². The Balaban J connectivity index is 2.02. The van der Waals surface area contributed by atoms with E-state index in [9.17, 15) is 0 Å². The van der Waals surface area contributed by atoms with Crippen LogP contribution < -0.4 is 9.64 Å². The average molecular weight is 304 g/mol. The molecule has 23 heavy (non-hydrogen) atoms. The van der Waals surface area contributed by atoms with Crippen LogP contribution in [0.2, 0.25) is 0 Å². The van der Waals surface area contributed by atoms with Crippen molar-refractivity contribution in [2.24, 2.45) is 0 Å². The van der Waals surface area contributed by atoms with Crippen molar-refractivity contribution in [3.05, 3.63) is 59.8 Å². The first-order valence-corrected chi connectivity index (χ1v) is 7.45. The maximum Gasteiger partial charge on any atom is 0.189 e. The molecule has 0 N–H and O–H groups in total. The van der Waals surface area contributed by atoms with Gasteiger partial charge in [-0.25, -0.2) is 9.97 Å². The van der Waals surface area contributed by atoms with Crippen LogP contribution >= 0.6 is 0 Å². The Labute approximate surface area is 134 Å². The minimum absolute atomic E-state index is 0.644. The third kappa shape index (κ3) is 2.12. The fraction of sp³-hybridized carbons (Fsp3) is 0.167. The van der Waals surface area contributed by atoms with E-state index in [4.69, 9.17) is 4.74 Å². The van der Waals surface area contributed by atoms with Gasteiger partial charge in [0.15, 0.2) is 17.3 Å². The highest BCUT2D eigenvalue weighted by atomic mass is 16.5. The number of anilines is 3. The molecule has 0 aliphatic carbocycles. The van der Waals surface area contributed by atoms with Gasteiger partial charge in [0.1, 0.15) is 12.0 Å². The Morgan fingerprint density at radius 3 is 2.52 bits per heavy atom. The number of hydrogen-bond donors (Lipinski definition) is 0. The highest BCUT2D eigenvalue weighted by Gasteiger charge is 2.29. The maximum absolute atomic E-state index is 5.93. The van der Waals surface area contributed by atoms with Gasteiger partial charge in [-0.05, 0) is 31.9 Å². The number of pyridine rings is 1. The Morgan fingerprint density at radius 1 is 0.957 bits per heavy atom. The van der Waals surface area contributed by atoms with Gasteiger partial charge in [0.05, 0.1) is 18.1 Å². The van der Waals surface area contributed by atoms with E-state index in [1.165, 1.54) is 23.0 Å². The van der Waals surface area contributed by atoms with Crippen molar-refractivity contribution >= 4 is 17.2 Å². The smallest absolute Gasteiger partial charge is 0.189 e. The van der Waals surface area contributed by atoms with Crippen molar-refractivity contribution in [2.75, 3.05) is 4.90 Å². The average Bonchev–Trinajstić information content (AvgIpc) is 2.53. The van der Waals surface area contributed by atoms with Crippen molar-refractivity contribution in [3.63, 3.8) is 0 Å². The molecule has 114 valence electrons. The summed E-state index contributed by atoms with van der Waals surface area (Å²) in [6.07, 6.45) is 6.76. The first-order valence-electron chi connectivity index (χ1n) is 7.45. The zero-order valence-electron chi connectivity index (χ0n) is 13.2. The number of fused-ring (bicyclic) bond motifs is 2. The van der Waals surface area contributed by atoms with Gasteiger partial charge in [-0.1, -0.05) is 17.7 Å². The van der Waals surface area contributed by atoms with Crippen molar-refractivity contribution in [3.8, 4) is 11.5 Å². The quantitative estimate of drug-likeness (QED) is 0.522. The molecule has 4 rings (SSSR count). The molecule has 0 saturated heterocycles. The van der Waals surface area contributed by atoms with Gasteiger partial charge < -0.3 is 4.74 Å². The molecule has 1 aliphatic heterocycles. The predicted molar refractivity (Wildman–Crippen MR) is 88.8 cm³/mol. The van der Waals surface area contributed by atoms with Crippen molar-refractivity contribution < 1.29 is 4.74 Å². The SMILES string of the molecule is Cc1cc(C)c(N2c3cnccc3Oc3cncnc32)c(C)c1. The monoisotopic (exact) mass is 304 g/mol. The lowest BCUT2D eigenvalue weighted by Crippen LogP contribution is -2.19. The molecule has 3 aromatic rings. The third-order valence-electron chi connectivity index (χ3n) is 3.95. The molecule has 0 fully saturated rings. The van der Waals surface area contributed by atoms with Crippen molar-refractivity contribution in [2.45, 2.75) is 20.8 Å². The van der Waals surface area contributed by atoms with E-state index >= 15 is 0 Å². The number of nitrogens with zero attached hydrogens (tertiary/aromatic N) is 4. The Morgan fingerprint density at radius 2 is 1.74 bits per heavy atom. The lowest BCUT2D eigenvalue weighted by molar-refractivity contribution is 0.470. The highest BCUT2D eigenvalue weighted by molar-refractivity contribution is 5.86. The summed E-state index contributed by atoms with van der Waals surface area (Å²) < 4.78 is 5.93. The fourth-order valence-electron chi connectivity index (χ4n) is 3.16. The molecule has 3 heterocycles. The third-order valence-corrected chi connectivity index (χ3v) is 3.95. The van der Waals surface area contributed by atoms with E-state index in [1.807, 2.05) is 6.07 Å². The summed E-state index contributed by atoms with van der Waals surface area (Å²) in [5, 5.41) is 0. The topological polar surface area (TPSA) is 51.1 Å². The van der Waals surface area contributed by atoms with Gasteiger partial charge >= 0.3 is 0 Å². The number of aromatic nitrogens is 3. The van der Waals surface area contributed by atoms with Crippen LogP contribution in [0.15, 0.2) is 43.1 Å². The second-order valence-electron chi connectivity index (χ2n) is 5.74. The van der Waals surface area contributed by atoms with E-state index in [1.54, 1.807) is 18.6 Å². The minimum Gasteiger partial charge on any atom is -0.449 e. The fourth-order valence-corrected chi connectivity index (χ4v) is 3.16. The van der Waals surface area contributed by atoms with Crippen molar-refractivity contribution in [1.29, 1.82) is 0 Å². The number of aryl methyl sites for hydroxylation is 3. The van der Waals surface area contributed by atoms with Crippen LogP contribution in [0.3, 0.4) is 0 Å². The summed E-state index contributed by atoms with van der Waals surface area (Å²) in [6.45, 7) is 6.33. The van der Waals surface area contributed by atoms with Crippen LogP contribution in [-0.2, 0) is 0 Å². The summed E-state index contributed by atoms with van der Waals surface area (Å²) in [4.78, 5) is 14.9. The molecule has 1 aliphatic rings. The van der Waals surface area contributed by atoms with Crippen LogP contribution in [0, 0.1) is 20.8 Å². The van der Waals surface area contributed by atoms with E-state index in [0.29, 0.717) is 5.75 Å². The summed E-state index contributed by atoms with van der Waals surface area (Å²) in [5.41, 5.74) is 5.60. The van der Waals surface area contributed by atoms with E-state index in [0.717, 1.165) is 22.9 Å². The molecule has 0 spiro atoms. The largest absolute Gasteiger partial charge is 0.449 e. The first-order chi connectivity index (χ1) is 11.1. The Bertz CT molecular complexity index is 839. The Kier molecular flexibility index (Phi) is 3.01. The lowest BCUT2D eigenvalue weighted by atomic mass is 10.0. The second kappa shape index (κ2) is 5.05. The summed E-state index contributed by atoms with van der Waals surface area (Å²) >= 11 is 0. The molecule has 5 heteroatoms. The molecular weight excluding hydrogens is 288 g/mol. The molecule has 0 saturated carbocycles. The van der Waals surface area contributed by atoms with Crippen LogP contribution in [0.1, 0.15) is 16.7 Å². The molecule has 2 aromatic heterocycles. The minimum atomic E-state index is 0.644. The molecule has 0 radical (unpaired) electrons.